The van der Waals surface area contributed by atoms with E-state index in [2.05, 4.69) is 13.8 Å². The second kappa shape index (κ2) is 3.96. The molecular weight excluding hydrogens is 204 g/mol. The van der Waals surface area contributed by atoms with Crippen LogP contribution in [0.2, 0.25) is 0 Å². The molecule has 0 radical (unpaired) electrons. The Kier molecular flexibility index (Phi) is 2.78. The molecular formula is C13H18O3. The maximum Gasteiger partial charge on any atom is 0.371 e. The van der Waals surface area contributed by atoms with Crippen molar-refractivity contribution in [2.45, 2.75) is 45.4 Å². The predicted octanol–water partition coefficient (Wildman–Crippen LogP) is 3.66. The summed E-state index contributed by atoms with van der Waals surface area (Å²) in [5, 5.41) is 8.79. The lowest BCUT2D eigenvalue weighted by atomic mass is 9.72. The highest BCUT2D eigenvalue weighted by Crippen LogP contribution is 2.42. The third-order valence-electron chi connectivity index (χ3n) is 3.58. The van der Waals surface area contributed by atoms with Crippen molar-refractivity contribution in [2.75, 3.05) is 0 Å². The van der Waals surface area contributed by atoms with Crippen molar-refractivity contribution >= 4 is 5.97 Å². The van der Waals surface area contributed by atoms with Gasteiger partial charge in [0, 0.05) is 5.92 Å². The first-order valence-electron chi connectivity index (χ1n) is 5.81. The Morgan fingerprint density at radius 2 is 2.00 bits per heavy atom. The average Bonchev–Trinajstić information content (AvgIpc) is 2.66. The number of carbonyl (C=O) groups is 1. The van der Waals surface area contributed by atoms with Crippen molar-refractivity contribution in [2.24, 2.45) is 5.41 Å². The molecule has 1 fully saturated rings. The molecule has 1 saturated carbocycles. The Balaban J connectivity index is 2.05. The van der Waals surface area contributed by atoms with Crippen molar-refractivity contribution in [3.8, 4) is 0 Å². The van der Waals surface area contributed by atoms with Crippen LogP contribution in [0.15, 0.2) is 16.5 Å². The lowest BCUT2D eigenvalue weighted by molar-refractivity contribution is 0.0658. The van der Waals surface area contributed by atoms with Gasteiger partial charge >= 0.3 is 5.97 Å². The maximum absolute atomic E-state index is 10.7. The summed E-state index contributed by atoms with van der Waals surface area (Å²) in [6, 6.07) is 3.36. The van der Waals surface area contributed by atoms with E-state index in [1.807, 2.05) is 6.07 Å². The van der Waals surface area contributed by atoms with Crippen LogP contribution < -0.4 is 0 Å². The van der Waals surface area contributed by atoms with Crippen LogP contribution in [0, 0.1) is 5.41 Å². The van der Waals surface area contributed by atoms with Gasteiger partial charge in [0.05, 0.1) is 0 Å². The molecule has 3 nitrogen and oxygen atoms in total. The molecule has 0 saturated heterocycles. The number of furan rings is 1. The highest BCUT2D eigenvalue weighted by atomic mass is 16.4. The van der Waals surface area contributed by atoms with Gasteiger partial charge < -0.3 is 9.52 Å². The summed E-state index contributed by atoms with van der Waals surface area (Å²) in [4.78, 5) is 10.7. The zero-order valence-corrected chi connectivity index (χ0v) is 9.82. The summed E-state index contributed by atoms with van der Waals surface area (Å²) < 4.78 is 5.35. The molecule has 16 heavy (non-hydrogen) atoms. The number of hydrogen-bond acceptors (Lipinski definition) is 2. The molecule has 1 aliphatic rings. The molecule has 1 aliphatic carbocycles. The summed E-state index contributed by atoms with van der Waals surface area (Å²) in [5.74, 6) is 0.316. The Morgan fingerprint density at radius 1 is 1.38 bits per heavy atom. The second-order valence-electron chi connectivity index (χ2n) is 5.45. The Labute approximate surface area is 95.5 Å². The van der Waals surface area contributed by atoms with Gasteiger partial charge in [0.2, 0.25) is 5.76 Å². The van der Waals surface area contributed by atoms with Gasteiger partial charge in [-0.25, -0.2) is 4.79 Å². The van der Waals surface area contributed by atoms with E-state index in [1.54, 1.807) is 6.07 Å². The van der Waals surface area contributed by atoms with Gasteiger partial charge in [0.25, 0.3) is 0 Å². The molecule has 0 unspecified atom stereocenters. The smallest absolute Gasteiger partial charge is 0.371 e. The monoisotopic (exact) mass is 222 g/mol. The van der Waals surface area contributed by atoms with Gasteiger partial charge in [-0.3, -0.25) is 0 Å². The van der Waals surface area contributed by atoms with Gasteiger partial charge in [0.1, 0.15) is 5.76 Å². The van der Waals surface area contributed by atoms with Crippen molar-refractivity contribution in [3.63, 3.8) is 0 Å². The van der Waals surface area contributed by atoms with Crippen LogP contribution >= 0.6 is 0 Å². The lowest BCUT2D eigenvalue weighted by Crippen LogP contribution is -2.19. The third-order valence-corrected chi connectivity index (χ3v) is 3.58. The molecule has 3 heteroatoms. The highest BCUT2D eigenvalue weighted by molar-refractivity contribution is 5.84. The minimum Gasteiger partial charge on any atom is -0.475 e. The van der Waals surface area contributed by atoms with Gasteiger partial charge in [0.15, 0.2) is 0 Å². The Morgan fingerprint density at radius 3 is 2.50 bits per heavy atom. The van der Waals surface area contributed by atoms with Gasteiger partial charge in [-0.2, -0.15) is 0 Å². The highest BCUT2D eigenvalue weighted by Gasteiger charge is 2.29. The summed E-state index contributed by atoms with van der Waals surface area (Å²) in [6.07, 6.45) is 4.56. The summed E-state index contributed by atoms with van der Waals surface area (Å²) >= 11 is 0. The topological polar surface area (TPSA) is 50.4 Å². The molecule has 1 aromatic rings. The van der Waals surface area contributed by atoms with E-state index in [9.17, 15) is 4.79 Å². The molecule has 1 N–H and O–H groups in total. The SMILES string of the molecule is CC1(C)CCC(c2ccc(C(=O)O)o2)CC1. The molecule has 0 amide bonds. The van der Waals surface area contributed by atoms with E-state index in [4.69, 9.17) is 9.52 Å². The molecule has 0 aliphatic heterocycles. The fraction of sp³-hybridized carbons (Fsp3) is 0.615. The number of aromatic carboxylic acids is 1. The zero-order chi connectivity index (χ0) is 11.8. The van der Waals surface area contributed by atoms with Crippen LogP contribution in [0.3, 0.4) is 0 Å². The van der Waals surface area contributed by atoms with Crippen LogP contribution in [0.4, 0.5) is 0 Å². The summed E-state index contributed by atoms with van der Waals surface area (Å²) in [7, 11) is 0. The molecule has 88 valence electrons. The first kappa shape index (κ1) is 11.2. The van der Waals surface area contributed by atoms with Gasteiger partial charge in [-0.1, -0.05) is 13.8 Å². The minimum atomic E-state index is -0.984. The van der Waals surface area contributed by atoms with Crippen molar-refractivity contribution < 1.29 is 14.3 Å². The van der Waals surface area contributed by atoms with Crippen molar-refractivity contribution in [3.05, 3.63) is 23.7 Å². The number of hydrogen-bond donors (Lipinski definition) is 1. The van der Waals surface area contributed by atoms with E-state index >= 15 is 0 Å². The number of rotatable bonds is 2. The standard InChI is InChI=1S/C13H18O3/c1-13(2)7-5-9(6-8-13)10-3-4-11(16-10)12(14)15/h3-4,9H,5-8H2,1-2H3,(H,14,15). The summed E-state index contributed by atoms with van der Waals surface area (Å²) in [6.45, 7) is 4.57. The van der Waals surface area contributed by atoms with E-state index in [0.29, 0.717) is 11.3 Å². The van der Waals surface area contributed by atoms with Gasteiger partial charge in [-0.15, -0.1) is 0 Å². The molecule has 1 heterocycles. The van der Waals surface area contributed by atoms with E-state index in [1.165, 1.54) is 12.8 Å². The number of carboxylic acid groups (broad SMARTS) is 1. The van der Waals surface area contributed by atoms with Crippen molar-refractivity contribution in [1.82, 2.24) is 0 Å². The van der Waals surface area contributed by atoms with Crippen LogP contribution in [-0.2, 0) is 0 Å². The first-order valence-corrected chi connectivity index (χ1v) is 5.81. The fourth-order valence-electron chi connectivity index (χ4n) is 2.37. The Bertz CT molecular complexity index is 380. The zero-order valence-electron chi connectivity index (χ0n) is 9.82. The van der Waals surface area contributed by atoms with Crippen LogP contribution in [-0.4, -0.2) is 11.1 Å². The average molecular weight is 222 g/mol. The normalized spacial score (nSPS) is 20.9. The minimum absolute atomic E-state index is 0.0554. The largest absolute Gasteiger partial charge is 0.475 e. The van der Waals surface area contributed by atoms with Crippen molar-refractivity contribution in [1.29, 1.82) is 0 Å². The van der Waals surface area contributed by atoms with Crippen LogP contribution in [0.25, 0.3) is 0 Å². The van der Waals surface area contributed by atoms with E-state index in [-0.39, 0.29) is 5.76 Å². The molecule has 1 aromatic heterocycles. The fourth-order valence-corrected chi connectivity index (χ4v) is 2.37. The van der Waals surface area contributed by atoms with E-state index < -0.39 is 5.97 Å². The lowest BCUT2D eigenvalue weighted by Gasteiger charge is -2.33. The molecule has 0 bridgehead atoms. The molecule has 2 rings (SSSR count). The Hall–Kier alpha value is -1.25. The second-order valence-corrected chi connectivity index (χ2v) is 5.45. The predicted molar refractivity (Wildman–Crippen MR) is 60.7 cm³/mol. The summed E-state index contributed by atoms with van der Waals surface area (Å²) in [5.41, 5.74) is 0.429. The van der Waals surface area contributed by atoms with Gasteiger partial charge in [-0.05, 0) is 43.2 Å². The first-order chi connectivity index (χ1) is 7.48. The third kappa shape index (κ3) is 2.29. The van der Waals surface area contributed by atoms with Crippen LogP contribution in [0.5, 0.6) is 0 Å². The maximum atomic E-state index is 10.7. The van der Waals surface area contributed by atoms with E-state index in [0.717, 1.165) is 18.6 Å². The molecule has 0 atom stereocenters. The molecule has 0 aromatic carbocycles. The quantitative estimate of drug-likeness (QED) is 0.830. The molecule has 0 spiro atoms. The van der Waals surface area contributed by atoms with Crippen LogP contribution in [0.1, 0.15) is 61.8 Å². The number of carboxylic acids is 1.